The summed E-state index contributed by atoms with van der Waals surface area (Å²) in [4.78, 5) is 21.4. The Kier molecular flexibility index (Phi) is 4.45. The summed E-state index contributed by atoms with van der Waals surface area (Å²) in [5.74, 6) is -0.514. The third kappa shape index (κ3) is 3.44. The van der Waals surface area contributed by atoms with E-state index < -0.39 is 10.9 Å². The third-order valence-electron chi connectivity index (χ3n) is 2.19. The molecule has 0 heterocycles. The lowest BCUT2D eigenvalue weighted by Crippen LogP contribution is -2.07. The first kappa shape index (κ1) is 13.0. The highest BCUT2D eigenvalue weighted by Crippen LogP contribution is 2.22. The van der Waals surface area contributed by atoms with E-state index in [9.17, 15) is 14.9 Å². The molecule has 0 aliphatic heterocycles. The number of nitrogens with two attached hydrogens (primary N) is 1. The summed E-state index contributed by atoms with van der Waals surface area (Å²) < 4.78 is 4.96. The van der Waals surface area contributed by atoms with E-state index in [-0.39, 0.29) is 16.9 Å². The van der Waals surface area contributed by atoms with Crippen LogP contribution in [0.1, 0.15) is 30.1 Å². The lowest BCUT2D eigenvalue weighted by molar-refractivity contribution is -0.383. The largest absolute Gasteiger partial charge is 0.462 e. The SMILES string of the molecule is CCCCOC(=O)c1ccc([N+](=O)[O-])c(N)c1. The van der Waals surface area contributed by atoms with Gasteiger partial charge in [-0.15, -0.1) is 0 Å². The molecule has 0 aliphatic rings. The maximum atomic E-state index is 11.5. The van der Waals surface area contributed by atoms with Crippen molar-refractivity contribution in [2.24, 2.45) is 0 Å². The van der Waals surface area contributed by atoms with Gasteiger partial charge in [0.05, 0.1) is 17.1 Å². The van der Waals surface area contributed by atoms with Crippen molar-refractivity contribution in [2.45, 2.75) is 19.8 Å². The Bertz CT molecular complexity index is 431. The number of nitrogen functional groups attached to an aromatic ring is 1. The molecule has 6 nitrogen and oxygen atoms in total. The van der Waals surface area contributed by atoms with Crippen LogP contribution >= 0.6 is 0 Å². The minimum Gasteiger partial charge on any atom is -0.462 e. The van der Waals surface area contributed by atoms with Gasteiger partial charge in [0.15, 0.2) is 0 Å². The summed E-state index contributed by atoms with van der Waals surface area (Å²) in [6, 6.07) is 3.79. The quantitative estimate of drug-likeness (QED) is 0.279. The summed E-state index contributed by atoms with van der Waals surface area (Å²) in [5, 5.41) is 10.5. The number of unbranched alkanes of at least 4 members (excludes halogenated alkanes) is 1. The number of hydrogen-bond donors (Lipinski definition) is 1. The minimum atomic E-state index is -0.596. The number of nitrogens with zero attached hydrogens (tertiary/aromatic N) is 1. The van der Waals surface area contributed by atoms with Crippen LogP contribution in [0, 0.1) is 10.1 Å². The number of nitro groups is 1. The van der Waals surface area contributed by atoms with E-state index in [0.29, 0.717) is 6.61 Å². The predicted octanol–water partition coefficient (Wildman–Crippen LogP) is 2.13. The molecule has 1 rings (SSSR count). The fraction of sp³-hybridized carbons (Fsp3) is 0.364. The van der Waals surface area contributed by atoms with Crippen molar-refractivity contribution in [3.05, 3.63) is 33.9 Å². The van der Waals surface area contributed by atoms with Crippen LogP contribution in [-0.2, 0) is 4.74 Å². The highest BCUT2D eigenvalue weighted by Gasteiger charge is 2.15. The fourth-order valence-corrected chi connectivity index (χ4v) is 1.24. The number of esters is 1. The first-order valence-corrected chi connectivity index (χ1v) is 5.27. The van der Waals surface area contributed by atoms with E-state index in [1.165, 1.54) is 18.2 Å². The standard InChI is InChI=1S/C11H14N2O4/c1-2-3-6-17-11(14)8-4-5-10(13(15)16)9(12)7-8/h4-5,7H,2-3,6,12H2,1H3. The molecule has 0 amide bonds. The zero-order chi connectivity index (χ0) is 12.8. The Labute approximate surface area is 98.5 Å². The van der Waals surface area contributed by atoms with E-state index in [2.05, 4.69) is 0 Å². The summed E-state index contributed by atoms with van der Waals surface area (Å²) in [6.07, 6.45) is 1.71. The van der Waals surface area contributed by atoms with Gasteiger partial charge in [-0.05, 0) is 18.6 Å². The molecule has 0 fully saturated rings. The van der Waals surface area contributed by atoms with E-state index >= 15 is 0 Å². The number of carbonyl (C=O) groups excluding carboxylic acids is 1. The van der Waals surface area contributed by atoms with Gasteiger partial charge in [0.2, 0.25) is 0 Å². The molecule has 6 heteroatoms. The maximum absolute atomic E-state index is 11.5. The molecule has 0 saturated carbocycles. The third-order valence-corrected chi connectivity index (χ3v) is 2.19. The molecule has 0 saturated heterocycles. The van der Waals surface area contributed by atoms with Crippen molar-refractivity contribution < 1.29 is 14.5 Å². The Morgan fingerprint density at radius 1 is 1.53 bits per heavy atom. The second-order valence-electron chi connectivity index (χ2n) is 3.52. The molecule has 0 radical (unpaired) electrons. The molecule has 2 N–H and O–H groups in total. The molecule has 0 aliphatic carbocycles. The zero-order valence-electron chi connectivity index (χ0n) is 9.51. The van der Waals surface area contributed by atoms with Gasteiger partial charge in [-0.3, -0.25) is 10.1 Å². The van der Waals surface area contributed by atoms with Crippen LogP contribution in [0.15, 0.2) is 18.2 Å². The first-order chi connectivity index (χ1) is 8.06. The summed E-state index contributed by atoms with van der Waals surface area (Å²) in [5.41, 5.74) is 5.44. The summed E-state index contributed by atoms with van der Waals surface area (Å²) in [6.45, 7) is 2.32. The fourth-order valence-electron chi connectivity index (χ4n) is 1.24. The second-order valence-corrected chi connectivity index (χ2v) is 3.52. The van der Waals surface area contributed by atoms with Crippen molar-refractivity contribution in [2.75, 3.05) is 12.3 Å². The van der Waals surface area contributed by atoms with Crippen LogP contribution in [0.25, 0.3) is 0 Å². The number of rotatable bonds is 5. The molecule has 0 spiro atoms. The molecular weight excluding hydrogens is 224 g/mol. The van der Waals surface area contributed by atoms with Crippen molar-refractivity contribution in [1.29, 1.82) is 0 Å². The normalized spacial score (nSPS) is 9.94. The number of nitro benzene ring substituents is 1. The van der Waals surface area contributed by atoms with Crippen molar-refractivity contribution >= 4 is 17.3 Å². The van der Waals surface area contributed by atoms with Crippen molar-refractivity contribution in [1.82, 2.24) is 0 Å². The zero-order valence-corrected chi connectivity index (χ0v) is 9.51. The first-order valence-electron chi connectivity index (χ1n) is 5.27. The molecule has 1 aromatic carbocycles. The predicted molar refractivity (Wildman–Crippen MR) is 62.7 cm³/mol. The molecule has 0 atom stereocenters. The van der Waals surface area contributed by atoms with Crippen molar-refractivity contribution in [3.63, 3.8) is 0 Å². The highest BCUT2D eigenvalue weighted by molar-refractivity contribution is 5.91. The number of benzene rings is 1. The molecule has 17 heavy (non-hydrogen) atoms. The van der Waals surface area contributed by atoms with Gasteiger partial charge in [0, 0.05) is 6.07 Å². The van der Waals surface area contributed by atoms with Gasteiger partial charge in [-0.1, -0.05) is 13.3 Å². The molecule has 0 bridgehead atoms. The Morgan fingerprint density at radius 3 is 2.76 bits per heavy atom. The summed E-state index contributed by atoms with van der Waals surface area (Å²) >= 11 is 0. The van der Waals surface area contributed by atoms with Crippen LogP contribution in [0.5, 0.6) is 0 Å². The van der Waals surface area contributed by atoms with Crippen LogP contribution in [0.2, 0.25) is 0 Å². The Morgan fingerprint density at radius 2 is 2.24 bits per heavy atom. The van der Waals surface area contributed by atoms with Crippen LogP contribution < -0.4 is 5.73 Å². The van der Waals surface area contributed by atoms with Crippen LogP contribution in [0.4, 0.5) is 11.4 Å². The lowest BCUT2D eigenvalue weighted by Gasteiger charge is -2.04. The van der Waals surface area contributed by atoms with E-state index in [0.717, 1.165) is 12.8 Å². The van der Waals surface area contributed by atoms with E-state index in [4.69, 9.17) is 10.5 Å². The van der Waals surface area contributed by atoms with E-state index in [1.807, 2.05) is 6.92 Å². The molecule has 1 aromatic rings. The molecular formula is C11H14N2O4. The van der Waals surface area contributed by atoms with Gasteiger partial charge in [0.1, 0.15) is 5.69 Å². The van der Waals surface area contributed by atoms with Gasteiger partial charge in [-0.2, -0.15) is 0 Å². The second kappa shape index (κ2) is 5.83. The monoisotopic (exact) mass is 238 g/mol. The Balaban J connectivity index is 2.76. The topological polar surface area (TPSA) is 95.5 Å². The van der Waals surface area contributed by atoms with Gasteiger partial charge in [-0.25, -0.2) is 4.79 Å². The number of hydrogen-bond acceptors (Lipinski definition) is 5. The van der Waals surface area contributed by atoms with Crippen molar-refractivity contribution in [3.8, 4) is 0 Å². The van der Waals surface area contributed by atoms with Gasteiger partial charge >= 0.3 is 5.97 Å². The van der Waals surface area contributed by atoms with Crippen LogP contribution in [-0.4, -0.2) is 17.5 Å². The molecule has 0 aromatic heterocycles. The average Bonchev–Trinajstić information content (AvgIpc) is 2.28. The molecule has 0 unspecified atom stereocenters. The summed E-state index contributed by atoms with van der Waals surface area (Å²) in [7, 11) is 0. The minimum absolute atomic E-state index is 0.0417. The number of anilines is 1. The smallest absolute Gasteiger partial charge is 0.338 e. The number of ether oxygens (including phenoxy) is 1. The average molecular weight is 238 g/mol. The number of carbonyl (C=O) groups is 1. The lowest BCUT2D eigenvalue weighted by atomic mass is 10.2. The van der Waals surface area contributed by atoms with Gasteiger partial charge < -0.3 is 10.5 Å². The molecule has 92 valence electrons. The van der Waals surface area contributed by atoms with E-state index in [1.54, 1.807) is 0 Å². The van der Waals surface area contributed by atoms with Crippen LogP contribution in [0.3, 0.4) is 0 Å². The maximum Gasteiger partial charge on any atom is 0.338 e. The highest BCUT2D eigenvalue weighted by atomic mass is 16.6. The van der Waals surface area contributed by atoms with Gasteiger partial charge in [0.25, 0.3) is 5.69 Å². The Hall–Kier alpha value is -2.11.